The first-order chi connectivity index (χ1) is 13.1. The van der Waals surface area contributed by atoms with Crippen molar-refractivity contribution in [2.45, 2.75) is 6.61 Å². The van der Waals surface area contributed by atoms with Crippen LogP contribution in [0.25, 0.3) is 17.0 Å². The summed E-state index contributed by atoms with van der Waals surface area (Å²) in [7, 11) is 0. The Morgan fingerprint density at radius 3 is 2.85 bits per heavy atom. The minimum Gasteiger partial charge on any atom is -0.434 e. The molecule has 136 valence electrons. The molecule has 1 aromatic carbocycles. The average Bonchev–Trinajstić information content (AvgIpc) is 3.30. The van der Waals surface area contributed by atoms with Gasteiger partial charge >= 0.3 is 6.61 Å². The van der Waals surface area contributed by atoms with E-state index in [1.807, 2.05) is 0 Å². The Kier molecular flexibility index (Phi) is 4.47. The molecule has 0 saturated carbocycles. The molecule has 4 aromatic rings. The van der Waals surface area contributed by atoms with E-state index in [0.717, 1.165) is 0 Å². The van der Waals surface area contributed by atoms with Crippen LogP contribution in [0.3, 0.4) is 0 Å². The summed E-state index contributed by atoms with van der Waals surface area (Å²) in [6, 6.07) is 9.45. The van der Waals surface area contributed by atoms with Gasteiger partial charge in [0, 0.05) is 17.8 Å². The van der Waals surface area contributed by atoms with Gasteiger partial charge in [0.15, 0.2) is 16.6 Å². The molecule has 1 N–H and O–H groups in total. The Balaban J connectivity index is 1.75. The number of thiazole rings is 1. The number of hydrogen-bond donors (Lipinski definition) is 1. The molecule has 4 rings (SSSR count). The van der Waals surface area contributed by atoms with Gasteiger partial charge in [-0.15, -0.1) is 16.4 Å². The molecule has 0 aliphatic rings. The normalized spacial score (nSPS) is 11.1. The fourth-order valence-corrected chi connectivity index (χ4v) is 3.02. The summed E-state index contributed by atoms with van der Waals surface area (Å²) in [4.78, 5) is 20.9. The molecule has 0 saturated heterocycles. The van der Waals surface area contributed by atoms with Crippen LogP contribution < -0.4 is 10.1 Å². The maximum absolute atomic E-state index is 12.6. The fraction of sp³-hybridized carbons (Fsp3) is 0.0588. The van der Waals surface area contributed by atoms with E-state index in [0.29, 0.717) is 10.7 Å². The highest BCUT2D eigenvalue weighted by Gasteiger charge is 2.18. The first kappa shape index (κ1) is 17.0. The molecule has 0 unspecified atom stereocenters. The topological polar surface area (TPSA) is 81.4 Å². The number of ether oxygens (including phenoxy) is 1. The van der Waals surface area contributed by atoms with E-state index in [1.165, 1.54) is 21.9 Å². The van der Waals surface area contributed by atoms with Crippen molar-refractivity contribution in [3.63, 3.8) is 0 Å². The van der Waals surface area contributed by atoms with Crippen molar-refractivity contribution in [3.05, 3.63) is 59.7 Å². The van der Waals surface area contributed by atoms with Crippen LogP contribution in [0.2, 0.25) is 0 Å². The number of fused-ring (bicyclic) bond motifs is 1. The van der Waals surface area contributed by atoms with E-state index < -0.39 is 12.5 Å². The monoisotopic (exact) mass is 387 g/mol. The number of amides is 1. The second-order valence-electron chi connectivity index (χ2n) is 5.29. The number of halogens is 2. The summed E-state index contributed by atoms with van der Waals surface area (Å²) in [5.74, 6) is -0.274. The highest BCUT2D eigenvalue weighted by molar-refractivity contribution is 7.13. The lowest BCUT2D eigenvalue weighted by atomic mass is 10.2. The van der Waals surface area contributed by atoms with Crippen LogP contribution in [0.15, 0.2) is 54.2 Å². The van der Waals surface area contributed by atoms with Crippen LogP contribution in [-0.2, 0) is 0 Å². The molecule has 27 heavy (non-hydrogen) atoms. The standard InChI is InChI=1S/C17H11F2N5O2S/c18-16(19)26-12-6-2-1-4-10(12)13-21-14-11(5-3-8-24(14)23-13)15(25)22-17-20-7-9-27-17/h1-9,16H,(H,20,22,25). The average molecular weight is 387 g/mol. The minimum atomic E-state index is -2.97. The van der Waals surface area contributed by atoms with Crippen LogP contribution >= 0.6 is 11.3 Å². The minimum absolute atomic E-state index is 0.0443. The number of nitrogens with zero attached hydrogens (tertiary/aromatic N) is 4. The van der Waals surface area contributed by atoms with Crippen molar-refractivity contribution >= 4 is 28.0 Å². The maximum atomic E-state index is 12.6. The fourth-order valence-electron chi connectivity index (χ4n) is 2.50. The lowest BCUT2D eigenvalue weighted by Gasteiger charge is -2.07. The number of rotatable bonds is 5. The third-order valence-electron chi connectivity index (χ3n) is 3.60. The Morgan fingerprint density at radius 1 is 1.22 bits per heavy atom. The van der Waals surface area contributed by atoms with Gasteiger partial charge in [0.1, 0.15) is 5.75 Å². The van der Waals surface area contributed by atoms with E-state index in [4.69, 9.17) is 0 Å². The molecule has 0 aliphatic carbocycles. The van der Waals surface area contributed by atoms with E-state index in [-0.39, 0.29) is 22.8 Å². The number of para-hydroxylation sites is 1. The van der Waals surface area contributed by atoms with E-state index in [2.05, 4.69) is 25.1 Å². The number of benzene rings is 1. The third-order valence-corrected chi connectivity index (χ3v) is 4.29. The SMILES string of the molecule is O=C(Nc1nccs1)c1cccn2nc(-c3ccccc3OC(F)F)nc12. The molecule has 10 heteroatoms. The number of carbonyl (C=O) groups is 1. The lowest BCUT2D eigenvalue weighted by molar-refractivity contribution is -0.0494. The van der Waals surface area contributed by atoms with Crippen LogP contribution in [0.5, 0.6) is 5.75 Å². The largest absolute Gasteiger partial charge is 0.434 e. The molecule has 3 heterocycles. The molecule has 0 bridgehead atoms. The van der Waals surface area contributed by atoms with Gasteiger partial charge < -0.3 is 4.74 Å². The molecule has 0 radical (unpaired) electrons. The molecule has 0 atom stereocenters. The molecule has 0 spiro atoms. The predicted octanol–water partition coefficient (Wildman–Crippen LogP) is 3.71. The highest BCUT2D eigenvalue weighted by atomic mass is 32.1. The van der Waals surface area contributed by atoms with Gasteiger partial charge in [-0.2, -0.15) is 8.78 Å². The molecule has 7 nitrogen and oxygen atoms in total. The van der Waals surface area contributed by atoms with E-state index >= 15 is 0 Å². The maximum Gasteiger partial charge on any atom is 0.387 e. The van der Waals surface area contributed by atoms with Gasteiger partial charge in [0.25, 0.3) is 5.91 Å². The van der Waals surface area contributed by atoms with Crippen molar-refractivity contribution in [2.24, 2.45) is 0 Å². The first-order valence-corrected chi connectivity index (χ1v) is 8.60. The lowest BCUT2D eigenvalue weighted by Crippen LogP contribution is -2.13. The first-order valence-electron chi connectivity index (χ1n) is 7.72. The Labute approximate surface area is 155 Å². The summed E-state index contributed by atoms with van der Waals surface area (Å²) in [5.41, 5.74) is 0.861. The second kappa shape index (κ2) is 7.08. The van der Waals surface area contributed by atoms with Gasteiger partial charge in [-0.3, -0.25) is 10.1 Å². The molecule has 1 amide bonds. The van der Waals surface area contributed by atoms with Gasteiger partial charge in [-0.05, 0) is 24.3 Å². The van der Waals surface area contributed by atoms with Gasteiger partial charge in [0.05, 0.1) is 11.1 Å². The Hall–Kier alpha value is -3.40. The number of anilines is 1. The number of hydrogen-bond acceptors (Lipinski definition) is 6. The Bertz CT molecular complexity index is 1100. The van der Waals surface area contributed by atoms with Gasteiger partial charge in [-0.25, -0.2) is 14.5 Å². The summed E-state index contributed by atoms with van der Waals surface area (Å²) in [5, 5.41) is 9.16. The molecule has 3 aromatic heterocycles. The third kappa shape index (κ3) is 3.47. The zero-order valence-corrected chi connectivity index (χ0v) is 14.4. The van der Waals surface area contributed by atoms with Crippen LogP contribution in [0.4, 0.5) is 13.9 Å². The van der Waals surface area contributed by atoms with Crippen LogP contribution in [0, 0.1) is 0 Å². The summed E-state index contributed by atoms with van der Waals surface area (Å²) < 4.78 is 31.2. The number of alkyl halides is 2. The second-order valence-corrected chi connectivity index (χ2v) is 6.19. The smallest absolute Gasteiger partial charge is 0.387 e. The van der Waals surface area contributed by atoms with E-state index in [1.54, 1.807) is 48.1 Å². The van der Waals surface area contributed by atoms with Gasteiger partial charge in [0.2, 0.25) is 0 Å². The quantitative estimate of drug-likeness (QED) is 0.565. The van der Waals surface area contributed by atoms with Crippen LogP contribution in [0.1, 0.15) is 10.4 Å². The molecular weight excluding hydrogens is 376 g/mol. The predicted molar refractivity (Wildman–Crippen MR) is 95.1 cm³/mol. The van der Waals surface area contributed by atoms with Crippen molar-refractivity contribution in [2.75, 3.05) is 5.32 Å². The number of carbonyl (C=O) groups excluding carboxylic acids is 1. The zero-order chi connectivity index (χ0) is 18.8. The highest BCUT2D eigenvalue weighted by Crippen LogP contribution is 2.29. The number of aromatic nitrogens is 4. The number of pyridine rings is 1. The number of nitrogens with one attached hydrogen (secondary N) is 1. The van der Waals surface area contributed by atoms with Crippen molar-refractivity contribution < 1.29 is 18.3 Å². The molecular formula is C17H11F2N5O2S. The summed E-state index contributed by atoms with van der Waals surface area (Å²) in [6.07, 6.45) is 3.19. The van der Waals surface area contributed by atoms with E-state index in [9.17, 15) is 13.6 Å². The van der Waals surface area contributed by atoms with Crippen molar-refractivity contribution in [1.82, 2.24) is 19.6 Å². The molecule has 0 aliphatic heterocycles. The zero-order valence-electron chi connectivity index (χ0n) is 13.5. The van der Waals surface area contributed by atoms with Crippen molar-refractivity contribution in [1.29, 1.82) is 0 Å². The molecule has 0 fully saturated rings. The van der Waals surface area contributed by atoms with Crippen LogP contribution in [-0.4, -0.2) is 32.1 Å². The van der Waals surface area contributed by atoms with Gasteiger partial charge in [-0.1, -0.05) is 12.1 Å². The summed E-state index contributed by atoms with van der Waals surface area (Å²) in [6.45, 7) is -2.97. The van der Waals surface area contributed by atoms with Crippen molar-refractivity contribution in [3.8, 4) is 17.1 Å². The Morgan fingerprint density at radius 2 is 2.07 bits per heavy atom. The summed E-state index contributed by atoms with van der Waals surface area (Å²) >= 11 is 1.29.